The van der Waals surface area contributed by atoms with Crippen LogP contribution in [0, 0.1) is 11.3 Å². The molecule has 2 atom stereocenters. The van der Waals surface area contributed by atoms with Gasteiger partial charge in [-0.3, -0.25) is 4.90 Å². The molecule has 2 aromatic rings. The second-order valence-corrected chi connectivity index (χ2v) is 7.28. The van der Waals surface area contributed by atoms with Crippen molar-refractivity contribution in [3.63, 3.8) is 0 Å². The molecular formula is C18H26N2O. The van der Waals surface area contributed by atoms with Crippen LogP contribution in [-0.4, -0.2) is 24.5 Å². The first-order valence-electron chi connectivity index (χ1n) is 7.91. The third kappa shape index (κ3) is 2.85. The zero-order valence-electron chi connectivity index (χ0n) is 13.3. The van der Waals surface area contributed by atoms with Crippen LogP contribution in [0.1, 0.15) is 39.0 Å². The highest BCUT2D eigenvalue weighted by Crippen LogP contribution is 2.37. The summed E-state index contributed by atoms with van der Waals surface area (Å²) in [5, 5.41) is 1.16. The molecule has 1 saturated heterocycles. The number of nitrogens with zero attached hydrogens (tertiary/aromatic N) is 1. The Kier molecular flexibility index (Phi) is 3.80. The minimum absolute atomic E-state index is 0.199. The predicted octanol–water partition coefficient (Wildman–Crippen LogP) is 3.80. The third-order valence-corrected chi connectivity index (χ3v) is 4.88. The Morgan fingerprint density at radius 3 is 2.71 bits per heavy atom. The van der Waals surface area contributed by atoms with E-state index < -0.39 is 0 Å². The summed E-state index contributed by atoms with van der Waals surface area (Å²) in [7, 11) is 0. The first kappa shape index (κ1) is 14.6. The molecule has 114 valence electrons. The van der Waals surface area contributed by atoms with Gasteiger partial charge in [-0.15, -0.1) is 0 Å². The Bertz CT molecular complexity index is 578. The van der Waals surface area contributed by atoms with Gasteiger partial charge in [-0.05, 0) is 36.4 Å². The zero-order chi connectivity index (χ0) is 15.0. The molecule has 2 heterocycles. The van der Waals surface area contributed by atoms with Gasteiger partial charge in [-0.2, -0.15) is 0 Å². The van der Waals surface area contributed by atoms with Crippen molar-refractivity contribution in [2.45, 2.75) is 33.2 Å². The molecule has 1 aromatic heterocycles. The number of hydrogen-bond acceptors (Lipinski definition) is 3. The van der Waals surface area contributed by atoms with E-state index in [4.69, 9.17) is 10.2 Å². The van der Waals surface area contributed by atoms with Gasteiger partial charge in [0.05, 0.1) is 6.04 Å². The van der Waals surface area contributed by atoms with Crippen LogP contribution >= 0.6 is 0 Å². The van der Waals surface area contributed by atoms with Crippen molar-refractivity contribution < 1.29 is 4.42 Å². The van der Waals surface area contributed by atoms with Gasteiger partial charge in [0.2, 0.25) is 0 Å². The molecule has 3 rings (SSSR count). The summed E-state index contributed by atoms with van der Waals surface area (Å²) < 4.78 is 6.03. The van der Waals surface area contributed by atoms with E-state index in [9.17, 15) is 0 Å². The molecule has 0 aliphatic carbocycles. The minimum Gasteiger partial charge on any atom is -0.459 e. The number of hydrogen-bond donors (Lipinski definition) is 1. The highest BCUT2D eigenvalue weighted by Gasteiger charge is 2.35. The molecule has 2 N–H and O–H groups in total. The molecule has 1 aliphatic heterocycles. The largest absolute Gasteiger partial charge is 0.459 e. The topological polar surface area (TPSA) is 42.4 Å². The van der Waals surface area contributed by atoms with Gasteiger partial charge in [0.1, 0.15) is 11.3 Å². The van der Waals surface area contributed by atoms with Crippen molar-refractivity contribution in [3.05, 3.63) is 36.1 Å². The molecule has 2 unspecified atom stereocenters. The number of fused-ring (bicyclic) bond motifs is 1. The quantitative estimate of drug-likeness (QED) is 0.933. The van der Waals surface area contributed by atoms with Gasteiger partial charge in [0.15, 0.2) is 0 Å². The normalized spacial score (nSPS) is 22.0. The fourth-order valence-electron chi connectivity index (χ4n) is 3.39. The van der Waals surface area contributed by atoms with E-state index in [0.29, 0.717) is 12.0 Å². The zero-order valence-corrected chi connectivity index (χ0v) is 13.3. The maximum atomic E-state index is 6.06. The average molecular weight is 286 g/mol. The molecule has 0 spiro atoms. The lowest BCUT2D eigenvalue weighted by Gasteiger charge is -2.29. The van der Waals surface area contributed by atoms with Gasteiger partial charge in [0.25, 0.3) is 0 Å². The first-order chi connectivity index (χ1) is 9.99. The lowest BCUT2D eigenvalue weighted by molar-refractivity contribution is 0.184. The fraction of sp³-hybridized carbons (Fsp3) is 0.556. The van der Waals surface area contributed by atoms with Crippen molar-refractivity contribution in [1.82, 2.24) is 4.90 Å². The summed E-state index contributed by atoms with van der Waals surface area (Å²) >= 11 is 0. The van der Waals surface area contributed by atoms with E-state index in [0.717, 1.165) is 35.7 Å². The molecule has 0 amide bonds. The molecule has 0 saturated carbocycles. The monoisotopic (exact) mass is 286 g/mol. The van der Waals surface area contributed by atoms with E-state index >= 15 is 0 Å². The molecule has 1 fully saturated rings. The number of rotatable bonds is 3. The van der Waals surface area contributed by atoms with Crippen LogP contribution < -0.4 is 5.73 Å². The standard InChI is InChI=1S/C18H26N2O/c1-18(2,3)14-8-9-20(12-14)15(11-19)17-10-13-6-4-5-7-16(13)21-17/h4-7,10,14-15H,8-9,11-12,19H2,1-3H3. The van der Waals surface area contributed by atoms with E-state index in [2.05, 4.69) is 37.8 Å². The number of benzene rings is 1. The van der Waals surface area contributed by atoms with Gasteiger partial charge in [0, 0.05) is 18.5 Å². The molecule has 1 aliphatic rings. The van der Waals surface area contributed by atoms with Crippen LogP contribution in [0.5, 0.6) is 0 Å². The van der Waals surface area contributed by atoms with Crippen molar-refractivity contribution in [1.29, 1.82) is 0 Å². The highest BCUT2D eigenvalue weighted by atomic mass is 16.3. The van der Waals surface area contributed by atoms with Crippen molar-refractivity contribution >= 4 is 11.0 Å². The number of nitrogens with two attached hydrogens (primary N) is 1. The second-order valence-electron chi connectivity index (χ2n) is 7.28. The predicted molar refractivity (Wildman–Crippen MR) is 87.1 cm³/mol. The van der Waals surface area contributed by atoms with Crippen LogP contribution in [0.3, 0.4) is 0 Å². The summed E-state index contributed by atoms with van der Waals surface area (Å²) in [6.45, 7) is 9.83. The maximum absolute atomic E-state index is 6.06. The van der Waals surface area contributed by atoms with Crippen molar-refractivity contribution in [2.24, 2.45) is 17.1 Å². The van der Waals surface area contributed by atoms with Crippen LogP contribution in [0.15, 0.2) is 34.7 Å². The Morgan fingerprint density at radius 2 is 2.10 bits per heavy atom. The molecule has 3 nitrogen and oxygen atoms in total. The van der Waals surface area contributed by atoms with Crippen molar-refractivity contribution in [3.8, 4) is 0 Å². The highest BCUT2D eigenvalue weighted by molar-refractivity contribution is 5.77. The molecular weight excluding hydrogens is 260 g/mol. The molecule has 3 heteroatoms. The summed E-state index contributed by atoms with van der Waals surface area (Å²) in [6.07, 6.45) is 1.25. The average Bonchev–Trinajstić information content (AvgIpc) is 3.05. The second kappa shape index (κ2) is 5.47. The van der Waals surface area contributed by atoms with Gasteiger partial charge in [-0.25, -0.2) is 0 Å². The van der Waals surface area contributed by atoms with E-state index in [-0.39, 0.29) is 6.04 Å². The lowest BCUT2D eigenvalue weighted by Crippen LogP contribution is -2.33. The van der Waals surface area contributed by atoms with E-state index in [1.54, 1.807) is 0 Å². The van der Waals surface area contributed by atoms with Gasteiger partial charge in [-0.1, -0.05) is 39.0 Å². The number of para-hydroxylation sites is 1. The summed E-state index contributed by atoms with van der Waals surface area (Å²) in [5.74, 6) is 1.74. The Hall–Kier alpha value is -1.32. The Morgan fingerprint density at radius 1 is 1.33 bits per heavy atom. The van der Waals surface area contributed by atoms with Crippen LogP contribution in [0.2, 0.25) is 0 Å². The van der Waals surface area contributed by atoms with Crippen LogP contribution in [-0.2, 0) is 0 Å². The third-order valence-electron chi connectivity index (χ3n) is 4.88. The van der Waals surface area contributed by atoms with Crippen LogP contribution in [0.4, 0.5) is 0 Å². The molecule has 0 bridgehead atoms. The molecule has 1 aromatic carbocycles. The number of likely N-dealkylation sites (tertiary alicyclic amines) is 1. The van der Waals surface area contributed by atoms with Gasteiger partial charge >= 0.3 is 0 Å². The molecule has 21 heavy (non-hydrogen) atoms. The Balaban J connectivity index is 1.82. The molecule has 0 radical (unpaired) electrons. The summed E-state index contributed by atoms with van der Waals surface area (Å²) in [6, 6.07) is 10.5. The SMILES string of the molecule is CC(C)(C)C1CCN(C(CN)c2cc3ccccc3o2)C1. The Labute approximate surface area is 127 Å². The smallest absolute Gasteiger partial charge is 0.134 e. The van der Waals surface area contributed by atoms with E-state index in [1.807, 2.05) is 18.2 Å². The van der Waals surface area contributed by atoms with E-state index in [1.165, 1.54) is 6.42 Å². The summed E-state index contributed by atoms with van der Waals surface area (Å²) in [4.78, 5) is 2.49. The van der Waals surface area contributed by atoms with Crippen molar-refractivity contribution in [2.75, 3.05) is 19.6 Å². The van der Waals surface area contributed by atoms with Gasteiger partial charge < -0.3 is 10.2 Å². The summed E-state index contributed by atoms with van der Waals surface area (Å²) in [5.41, 5.74) is 7.38. The lowest BCUT2D eigenvalue weighted by atomic mass is 9.80. The minimum atomic E-state index is 0.199. The maximum Gasteiger partial charge on any atom is 0.134 e. The fourth-order valence-corrected chi connectivity index (χ4v) is 3.39. The number of furan rings is 1. The first-order valence-corrected chi connectivity index (χ1v) is 7.91. The van der Waals surface area contributed by atoms with Crippen LogP contribution in [0.25, 0.3) is 11.0 Å².